The van der Waals surface area contributed by atoms with Crippen LogP contribution in [0.15, 0.2) is 218 Å². The van der Waals surface area contributed by atoms with Crippen LogP contribution in [0.25, 0.3) is 86.2 Å². The Balaban J connectivity index is 0.000000145. The van der Waals surface area contributed by atoms with E-state index in [1.165, 1.54) is 37.1 Å². The Kier molecular flexibility index (Phi) is 27.3. The normalized spacial score (nSPS) is 10.8. The first-order chi connectivity index (χ1) is 52.1. The molecule has 0 N–H and O–H groups in total. The Bertz CT molecular complexity index is 6050. The Morgan fingerprint density at radius 3 is 1.09 bits per heavy atom. The minimum absolute atomic E-state index is 0.0931. The molecule has 0 unspecified atom stereocenters. The third-order valence-electron chi connectivity index (χ3n) is 19.1. The van der Waals surface area contributed by atoms with Crippen LogP contribution < -0.4 is 0 Å². The Morgan fingerprint density at radius 2 is 0.536 bits per heavy atom. The summed E-state index contributed by atoms with van der Waals surface area (Å²) in [5.41, 5.74) is 15.0. The van der Waals surface area contributed by atoms with Crippen LogP contribution >= 0.6 is 0 Å². The zero-order valence-corrected chi connectivity index (χ0v) is 64.7. The van der Waals surface area contributed by atoms with Gasteiger partial charge in [-0.25, -0.2) is 52.7 Å². The minimum atomic E-state index is -1.11. The molecule has 12 heteroatoms. The molecule has 564 valence electrons. The molecule has 0 bridgehead atoms. The average molecular weight is 1490 g/mol. The maximum Gasteiger partial charge on any atom is 0.169 e. The number of aryl methyl sites for hydroxylation is 16. The zero-order chi connectivity index (χ0) is 80.3. The fourth-order valence-electron chi connectivity index (χ4n) is 13.0. The van der Waals surface area contributed by atoms with Crippen LogP contribution in [0, 0.1) is 169 Å². The quantitative estimate of drug-likeness (QED) is 0.151. The van der Waals surface area contributed by atoms with Gasteiger partial charge in [0.15, 0.2) is 23.3 Å². The van der Waals surface area contributed by atoms with E-state index in [9.17, 15) is 52.7 Å². The zero-order valence-electron chi connectivity index (χ0n) is 64.7. The summed E-state index contributed by atoms with van der Waals surface area (Å²) in [7, 11) is 0. The molecule has 0 aromatic heterocycles. The van der Waals surface area contributed by atoms with E-state index >= 15 is 0 Å². The maximum absolute atomic E-state index is 13.6. The molecular weight excluding hydrogens is 1410 g/mol. The van der Waals surface area contributed by atoms with Gasteiger partial charge in [0, 0.05) is 16.2 Å². The second-order valence-corrected chi connectivity index (χ2v) is 28.5. The van der Waals surface area contributed by atoms with Crippen molar-refractivity contribution in [2.45, 2.75) is 124 Å². The van der Waals surface area contributed by atoms with Crippen LogP contribution in [-0.2, 0) is 13.3 Å². The van der Waals surface area contributed by atoms with Gasteiger partial charge in [-0.3, -0.25) is 0 Å². The highest BCUT2D eigenvalue weighted by atomic mass is 19.2. The van der Waals surface area contributed by atoms with Crippen LogP contribution in [0.3, 0.4) is 0 Å². The van der Waals surface area contributed by atoms with Crippen LogP contribution in [0.1, 0.15) is 100 Å². The number of rotatable bonds is 2. The van der Waals surface area contributed by atoms with Crippen molar-refractivity contribution in [1.29, 1.82) is 0 Å². The molecule has 0 fully saturated rings. The number of halogens is 12. The highest BCUT2D eigenvalue weighted by Crippen LogP contribution is 2.32. The van der Waals surface area contributed by atoms with Crippen molar-refractivity contribution in [3.05, 3.63) is 377 Å². The molecule has 16 aromatic rings. The maximum atomic E-state index is 13.6. The number of alkyl halides is 2. The monoisotopic (exact) mass is 1490 g/mol. The van der Waals surface area contributed by atoms with Crippen LogP contribution in [-0.4, -0.2) is 0 Å². The highest BCUT2D eigenvalue weighted by molar-refractivity contribution is 5.91. The molecule has 0 amide bonds. The molecule has 0 saturated carbocycles. The first-order valence-electron chi connectivity index (χ1n) is 36.0. The van der Waals surface area contributed by atoms with Gasteiger partial charge in [0.2, 0.25) is 0 Å². The second-order valence-electron chi connectivity index (χ2n) is 28.5. The van der Waals surface area contributed by atoms with E-state index in [0.717, 1.165) is 104 Å². The summed E-state index contributed by atoms with van der Waals surface area (Å²) in [6.45, 7) is 28.6. The lowest BCUT2D eigenvalue weighted by Gasteiger charge is -2.07. The first-order valence-corrected chi connectivity index (χ1v) is 36.0. The van der Waals surface area contributed by atoms with Gasteiger partial charge < -0.3 is 0 Å². The Morgan fingerprint density at radius 1 is 0.182 bits per heavy atom. The Labute approximate surface area is 636 Å². The van der Waals surface area contributed by atoms with Gasteiger partial charge in [0.25, 0.3) is 0 Å². The van der Waals surface area contributed by atoms with E-state index in [4.69, 9.17) is 0 Å². The summed E-state index contributed by atoms with van der Waals surface area (Å²) in [5, 5.41) is 11.7. The second kappa shape index (κ2) is 36.3. The number of hydrogen-bond donors (Lipinski definition) is 0. The van der Waals surface area contributed by atoms with Crippen molar-refractivity contribution in [3.8, 4) is 0 Å². The van der Waals surface area contributed by atoms with Crippen molar-refractivity contribution in [2.75, 3.05) is 0 Å². The molecule has 0 spiro atoms. The van der Waals surface area contributed by atoms with Gasteiger partial charge in [-0.15, -0.1) is 0 Å². The van der Waals surface area contributed by atoms with Crippen LogP contribution in [0.4, 0.5) is 52.7 Å². The molecule has 0 aliphatic rings. The Hall–Kier alpha value is -11.2. The lowest BCUT2D eigenvalue weighted by Crippen LogP contribution is -1.95. The highest BCUT2D eigenvalue weighted by Gasteiger charge is 2.17. The molecule has 0 saturated heterocycles. The van der Waals surface area contributed by atoms with Gasteiger partial charge in [-0.1, -0.05) is 209 Å². The van der Waals surface area contributed by atoms with Gasteiger partial charge >= 0.3 is 0 Å². The third kappa shape index (κ3) is 20.0. The summed E-state index contributed by atoms with van der Waals surface area (Å²) in [6, 6.07) is 66.9. The predicted molar refractivity (Wildman–Crippen MR) is 437 cm³/mol. The molecule has 110 heavy (non-hydrogen) atoms. The molecule has 0 aliphatic carbocycles. The van der Waals surface area contributed by atoms with E-state index in [1.807, 2.05) is 171 Å². The first kappa shape index (κ1) is 82.8. The lowest BCUT2D eigenvalue weighted by molar-refractivity contribution is 0.486. The summed E-state index contributed by atoms with van der Waals surface area (Å²) in [5.74, 6) is -5.57. The molecule has 0 heterocycles. The molecule has 0 atom stereocenters. The molecule has 0 nitrogen and oxygen atoms in total. The molecule has 0 aliphatic heterocycles. The minimum Gasteiger partial charge on any atom is -0.246 e. The third-order valence-corrected chi connectivity index (χ3v) is 19.1. The van der Waals surface area contributed by atoms with Gasteiger partial charge in [-0.05, 0) is 280 Å². The van der Waals surface area contributed by atoms with E-state index in [0.29, 0.717) is 54.7 Å². The van der Waals surface area contributed by atoms with Crippen LogP contribution in [0.5, 0.6) is 0 Å². The predicted octanol–water partition coefficient (Wildman–Crippen LogP) is 30.0. The molecule has 0 radical (unpaired) electrons. The number of fused-ring (bicyclic) bond motifs is 8. The van der Waals surface area contributed by atoms with E-state index in [-0.39, 0.29) is 47.1 Å². The summed E-state index contributed by atoms with van der Waals surface area (Å²) in [6.07, 6.45) is 0. The van der Waals surface area contributed by atoms with E-state index < -0.39 is 40.7 Å². The van der Waals surface area contributed by atoms with Crippen LogP contribution in [0.2, 0.25) is 0 Å². The number of benzene rings is 16. The van der Waals surface area contributed by atoms with Crippen molar-refractivity contribution in [3.63, 3.8) is 0 Å². The largest absolute Gasteiger partial charge is 0.246 e. The fourth-order valence-corrected chi connectivity index (χ4v) is 13.0. The summed E-state index contributed by atoms with van der Waals surface area (Å²) in [4.78, 5) is 0. The summed E-state index contributed by atoms with van der Waals surface area (Å²) < 4.78 is 160. The average Bonchev–Trinajstić information content (AvgIpc) is 0.785. The lowest BCUT2D eigenvalue weighted by atomic mass is 9.99. The summed E-state index contributed by atoms with van der Waals surface area (Å²) >= 11 is 0. The fraction of sp³-hybridized carbons (Fsp3) is 0.184. The van der Waals surface area contributed by atoms with Gasteiger partial charge in [0.05, 0.1) is 10.8 Å². The molecular formula is C98H88F12. The van der Waals surface area contributed by atoms with Crippen molar-refractivity contribution >= 4 is 86.2 Å². The molecule has 16 rings (SSSR count). The van der Waals surface area contributed by atoms with Crippen molar-refractivity contribution < 1.29 is 52.7 Å². The smallest absolute Gasteiger partial charge is 0.169 e. The number of hydrogen-bond acceptors (Lipinski definition) is 0. The van der Waals surface area contributed by atoms with Crippen molar-refractivity contribution in [2.24, 2.45) is 0 Å². The van der Waals surface area contributed by atoms with E-state index in [2.05, 4.69) is 37.3 Å². The topological polar surface area (TPSA) is 0 Å². The SMILES string of the molecule is Cc1cc(CF)c2cc(C)ccc2c1.Cc1cc(F)c2c(F)c(C)ccc2c1.Cc1cc(F)c2cc(C)ccc2c1.Cc1cc2ccc(C)c(F)c2c(F)c1F.Cc1ccc2c(CF)c(C)ccc2c1.Cc1ccc2c(F)c(C)ccc2c1.Cc1ccc2cc(C)c(F)c(F)c2c1.Cc1ccc2cc(C)c(F)cc2c1. The van der Waals surface area contributed by atoms with Gasteiger partial charge in [-0.2, -0.15) is 0 Å². The van der Waals surface area contributed by atoms with Gasteiger partial charge in [0.1, 0.15) is 48.3 Å². The molecule has 16 aromatic carbocycles. The van der Waals surface area contributed by atoms with Crippen molar-refractivity contribution in [1.82, 2.24) is 0 Å². The van der Waals surface area contributed by atoms with E-state index in [1.54, 1.807) is 95.3 Å². The standard InChI is InChI=1S/2C13H13F.C12H9F3.2C12H10F2.3C12H11F/c1-9-3-6-12-11(7-9)5-4-10(2)13(12)8-14;1-9-3-4-11-5-10(2)6-12(8-14)13(11)7-9;1-6-3-4-8-5-7(2)11(14)12(15)9(8)10(6)13;1-7-5-9-4-3-8(2)12(14)11(9)10(13)6-7;1-7-3-4-9-6-8(2)11(13)12(14)10(9)5-7;1-8-3-6-11-10(7-8)5-4-9(2)12(11)13;1-8-3-4-10-5-9(2)7-12(13)11(10)6-8;1-8-3-4-10-6-9(2)12(13)7-11(10)5-8/h2*3-7H,8H2,1-2H3;3-5H,1-2H3;2*3-6H,1-2H3;3*3-7H,1-2H3.